The molecule has 1 atom stereocenters. The monoisotopic (exact) mass is 269 g/mol. The Morgan fingerprint density at radius 1 is 1.37 bits per heavy atom. The van der Waals surface area contributed by atoms with Crippen molar-refractivity contribution in [2.75, 3.05) is 7.11 Å². The van der Waals surface area contributed by atoms with Gasteiger partial charge in [-0.3, -0.25) is 4.79 Å². The Hall–Kier alpha value is -2.24. The number of hydrogen-bond donors (Lipinski definition) is 1. The van der Waals surface area contributed by atoms with Gasteiger partial charge in [-0.2, -0.15) is 0 Å². The van der Waals surface area contributed by atoms with Gasteiger partial charge >= 0.3 is 5.97 Å². The van der Waals surface area contributed by atoms with Crippen molar-refractivity contribution in [3.63, 3.8) is 0 Å². The summed E-state index contributed by atoms with van der Waals surface area (Å²) in [6.07, 6.45) is 1.57. The number of ether oxygens (including phenoxy) is 1. The first-order chi connectivity index (χ1) is 8.97. The fourth-order valence-corrected chi connectivity index (χ4v) is 1.45. The Labute approximate surface area is 109 Å². The van der Waals surface area contributed by atoms with Gasteiger partial charge < -0.3 is 10.1 Å². The molecule has 0 saturated heterocycles. The molecule has 0 bridgehead atoms. The topological polar surface area (TPSA) is 55.4 Å². The smallest absolute Gasteiger partial charge is 0.328 e. The van der Waals surface area contributed by atoms with Crippen molar-refractivity contribution in [3.05, 3.63) is 48.1 Å². The SMILES string of the molecule is C=CC[C@@H](NC(=O)c1cc(F)cc(F)c1)C(=O)OC. The van der Waals surface area contributed by atoms with Gasteiger partial charge in [0.2, 0.25) is 0 Å². The average molecular weight is 269 g/mol. The summed E-state index contributed by atoms with van der Waals surface area (Å²) in [6, 6.07) is 1.46. The molecule has 19 heavy (non-hydrogen) atoms. The number of carbonyl (C=O) groups excluding carboxylic acids is 2. The number of benzene rings is 1. The molecule has 0 heterocycles. The van der Waals surface area contributed by atoms with E-state index in [1.807, 2.05) is 0 Å². The molecule has 102 valence electrons. The molecule has 6 heteroatoms. The summed E-state index contributed by atoms with van der Waals surface area (Å²) in [5, 5.41) is 2.32. The van der Waals surface area contributed by atoms with Crippen LogP contribution in [0.3, 0.4) is 0 Å². The molecule has 4 nitrogen and oxygen atoms in total. The maximum atomic E-state index is 13.0. The number of methoxy groups -OCH3 is 1. The van der Waals surface area contributed by atoms with E-state index in [1.54, 1.807) is 0 Å². The first-order valence-electron chi connectivity index (χ1n) is 5.43. The van der Waals surface area contributed by atoms with E-state index in [1.165, 1.54) is 13.2 Å². The minimum absolute atomic E-state index is 0.149. The molecule has 0 radical (unpaired) electrons. The van der Waals surface area contributed by atoms with E-state index < -0.39 is 29.6 Å². The zero-order valence-corrected chi connectivity index (χ0v) is 10.3. The maximum Gasteiger partial charge on any atom is 0.328 e. The zero-order valence-electron chi connectivity index (χ0n) is 10.3. The molecule has 0 spiro atoms. The molecule has 0 saturated carbocycles. The van der Waals surface area contributed by atoms with Crippen LogP contribution >= 0.6 is 0 Å². The fourth-order valence-electron chi connectivity index (χ4n) is 1.45. The van der Waals surface area contributed by atoms with Crippen molar-refractivity contribution in [3.8, 4) is 0 Å². The summed E-state index contributed by atoms with van der Waals surface area (Å²) in [4.78, 5) is 23.1. The highest BCUT2D eigenvalue weighted by Crippen LogP contribution is 2.08. The first-order valence-corrected chi connectivity index (χ1v) is 5.43. The van der Waals surface area contributed by atoms with Gasteiger partial charge in [-0.25, -0.2) is 13.6 Å². The van der Waals surface area contributed by atoms with Crippen LogP contribution in [0.1, 0.15) is 16.8 Å². The summed E-state index contributed by atoms with van der Waals surface area (Å²) in [6.45, 7) is 3.45. The van der Waals surface area contributed by atoms with Crippen LogP contribution in [0.25, 0.3) is 0 Å². The summed E-state index contributed by atoms with van der Waals surface area (Å²) in [5.74, 6) is -3.17. The predicted molar refractivity (Wildman–Crippen MR) is 64.4 cm³/mol. The zero-order chi connectivity index (χ0) is 14.4. The highest BCUT2D eigenvalue weighted by molar-refractivity contribution is 5.96. The third kappa shape index (κ3) is 4.17. The van der Waals surface area contributed by atoms with Crippen molar-refractivity contribution in [2.45, 2.75) is 12.5 Å². The molecule has 1 N–H and O–H groups in total. The Balaban J connectivity index is 2.87. The number of halogens is 2. The second-order valence-electron chi connectivity index (χ2n) is 3.73. The summed E-state index contributed by atoms with van der Waals surface area (Å²) >= 11 is 0. The van der Waals surface area contributed by atoms with Crippen molar-refractivity contribution >= 4 is 11.9 Å². The second-order valence-corrected chi connectivity index (χ2v) is 3.73. The Morgan fingerprint density at radius 2 is 1.95 bits per heavy atom. The van der Waals surface area contributed by atoms with Crippen LogP contribution in [0.15, 0.2) is 30.9 Å². The number of hydrogen-bond acceptors (Lipinski definition) is 3. The second kappa shape index (κ2) is 6.63. The van der Waals surface area contributed by atoms with Crippen LogP contribution in [0.4, 0.5) is 8.78 Å². The quantitative estimate of drug-likeness (QED) is 0.655. The van der Waals surface area contributed by atoms with Crippen LogP contribution in [-0.4, -0.2) is 25.0 Å². The standard InChI is InChI=1S/C13H13F2NO3/c1-3-4-11(13(18)19-2)16-12(17)8-5-9(14)7-10(15)6-8/h3,5-7,11H,1,4H2,2H3,(H,16,17)/t11-/m1/s1. The van der Waals surface area contributed by atoms with E-state index in [0.29, 0.717) is 6.07 Å². The molecular formula is C13H13F2NO3. The molecule has 0 unspecified atom stereocenters. The van der Waals surface area contributed by atoms with Crippen LogP contribution in [0, 0.1) is 11.6 Å². The van der Waals surface area contributed by atoms with Gasteiger partial charge in [-0.15, -0.1) is 6.58 Å². The summed E-state index contributed by atoms with van der Waals surface area (Å²) < 4.78 is 30.4. The van der Waals surface area contributed by atoms with E-state index in [9.17, 15) is 18.4 Å². The molecule has 0 aliphatic heterocycles. The molecule has 0 aliphatic carbocycles. The van der Waals surface area contributed by atoms with Gasteiger partial charge in [0.15, 0.2) is 0 Å². The van der Waals surface area contributed by atoms with Crippen molar-refractivity contribution in [1.29, 1.82) is 0 Å². The highest BCUT2D eigenvalue weighted by atomic mass is 19.1. The van der Waals surface area contributed by atoms with Gasteiger partial charge in [0.1, 0.15) is 17.7 Å². The van der Waals surface area contributed by atoms with E-state index in [-0.39, 0.29) is 12.0 Å². The van der Waals surface area contributed by atoms with E-state index in [2.05, 4.69) is 16.6 Å². The normalized spacial score (nSPS) is 11.5. The number of nitrogens with one attached hydrogen (secondary N) is 1. The number of carbonyl (C=O) groups is 2. The molecule has 0 aliphatic rings. The maximum absolute atomic E-state index is 13.0. The Bertz CT molecular complexity index is 482. The minimum atomic E-state index is -0.943. The Kier molecular flexibility index (Phi) is 5.17. The third-order valence-corrected chi connectivity index (χ3v) is 2.32. The lowest BCUT2D eigenvalue weighted by Gasteiger charge is -2.14. The van der Waals surface area contributed by atoms with Crippen LogP contribution in [0.5, 0.6) is 0 Å². The molecule has 0 fully saturated rings. The lowest BCUT2D eigenvalue weighted by Crippen LogP contribution is -2.41. The number of rotatable bonds is 5. The van der Waals surface area contributed by atoms with Gasteiger partial charge in [0.25, 0.3) is 5.91 Å². The van der Waals surface area contributed by atoms with Crippen LogP contribution in [-0.2, 0) is 9.53 Å². The minimum Gasteiger partial charge on any atom is -0.467 e. The lowest BCUT2D eigenvalue weighted by atomic mass is 10.1. The molecule has 0 aromatic heterocycles. The van der Waals surface area contributed by atoms with Crippen LogP contribution in [0.2, 0.25) is 0 Å². The van der Waals surface area contributed by atoms with Gasteiger partial charge in [-0.05, 0) is 18.6 Å². The van der Waals surface area contributed by atoms with E-state index in [0.717, 1.165) is 12.1 Å². The van der Waals surface area contributed by atoms with Gasteiger partial charge in [0, 0.05) is 11.6 Å². The van der Waals surface area contributed by atoms with Crippen molar-refractivity contribution in [2.24, 2.45) is 0 Å². The highest BCUT2D eigenvalue weighted by Gasteiger charge is 2.21. The third-order valence-electron chi connectivity index (χ3n) is 2.32. The lowest BCUT2D eigenvalue weighted by molar-refractivity contribution is -0.142. The largest absolute Gasteiger partial charge is 0.467 e. The summed E-state index contributed by atoms with van der Waals surface area (Å²) in [7, 11) is 1.17. The summed E-state index contributed by atoms with van der Waals surface area (Å²) in [5.41, 5.74) is -0.213. The molecule has 1 aromatic carbocycles. The van der Waals surface area contributed by atoms with Crippen LogP contribution < -0.4 is 5.32 Å². The molecular weight excluding hydrogens is 256 g/mol. The van der Waals surface area contributed by atoms with E-state index >= 15 is 0 Å². The first kappa shape index (κ1) is 14.8. The predicted octanol–water partition coefficient (Wildman–Crippen LogP) is 1.81. The van der Waals surface area contributed by atoms with Gasteiger partial charge in [-0.1, -0.05) is 6.08 Å². The van der Waals surface area contributed by atoms with Gasteiger partial charge in [0.05, 0.1) is 7.11 Å². The van der Waals surface area contributed by atoms with E-state index in [4.69, 9.17) is 0 Å². The molecule has 1 amide bonds. The Morgan fingerprint density at radius 3 is 2.42 bits per heavy atom. The molecule has 1 rings (SSSR count). The van der Waals surface area contributed by atoms with Crippen molar-refractivity contribution < 1.29 is 23.1 Å². The number of esters is 1. The number of amides is 1. The molecule has 1 aromatic rings. The van der Waals surface area contributed by atoms with Crippen molar-refractivity contribution in [1.82, 2.24) is 5.32 Å². The average Bonchev–Trinajstić information content (AvgIpc) is 2.36. The fraction of sp³-hybridized carbons (Fsp3) is 0.231.